The maximum absolute atomic E-state index is 12.7. The van der Waals surface area contributed by atoms with Crippen LogP contribution in [0.3, 0.4) is 0 Å². The molecule has 6 nitrogen and oxygen atoms in total. The zero-order chi connectivity index (χ0) is 23.9. The first-order valence-electron chi connectivity index (χ1n) is 10.6. The third-order valence-corrected chi connectivity index (χ3v) is 6.10. The van der Waals surface area contributed by atoms with Gasteiger partial charge in [0.05, 0.1) is 20.0 Å². The van der Waals surface area contributed by atoms with E-state index in [2.05, 4.69) is 10.6 Å². The van der Waals surface area contributed by atoms with Gasteiger partial charge in [0.15, 0.2) is 0 Å². The molecule has 0 radical (unpaired) electrons. The van der Waals surface area contributed by atoms with Crippen molar-refractivity contribution >= 4 is 45.7 Å². The van der Waals surface area contributed by atoms with Gasteiger partial charge in [0, 0.05) is 40.0 Å². The van der Waals surface area contributed by atoms with E-state index in [1.165, 1.54) is 11.8 Å². The van der Waals surface area contributed by atoms with E-state index in [4.69, 9.17) is 9.47 Å². The molecule has 0 atom stereocenters. The first-order valence-corrected chi connectivity index (χ1v) is 11.6. The SMILES string of the molecule is COc1cc(NC(=O)CSc2cccc(NC(=O)c3ccc4ccccc4c3)c2)cc(OC)c1. The molecule has 0 saturated carbocycles. The molecule has 0 aliphatic carbocycles. The number of ether oxygens (including phenoxy) is 2. The molecule has 0 aliphatic heterocycles. The molecule has 0 saturated heterocycles. The molecule has 172 valence electrons. The third kappa shape index (κ3) is 5.88. The Morgan fingerprint density at radius 1 is 0.735 bits per heavy atom. The monoisotopic (exact) mass is 472 g/mol. The van der Waals surface area contributed by atoms with E-state index in [0.29, 0.717) is 28.4 Å². The second-order valence-electron chi connectivity index (χ2n) is 7.48. The van der Waals surface area contributed by atoms with Crippen LogP contribution in [0, 0.1) is 0 Å². The van der Waals surface area contributed by atoms with E-state index in [9.17, 15) is 9.59 Å². The molecule has 0 aliphatic rings. The summed E-state index contributed by atoms with van der Waals surface area (Å²) >= 11 is 1.38. The summed E-state index contributed by atoms with van der Waals surface area (Å²) < 4.78 is 10.5. The Morgan fingerprint density at radius 3 is 2.21 bits per heavy atom. The normalized spacial score (nSPS) is 10.5. The molecule has 34 heavy (non-hydrogen) atoms. The number of nitrogens with one attached hydrogen (secondary N) is 2. The van der Waals surface area contributed by atoms with Crippen LogP contribution >= 0.6 is 11.8 Å². The Hall–Kier alpha value is -3.97. The number of carbonyl (C=O) groups is 2. The first kappa shape index (κ1) is 23.2. The number of hydrogen-bond donors (Lipinski definition) is 2. The Labute approximate surface area is 202 Å². The van der Waals surface area contributed by atoms with Crippen LogP contribution in [-0.2, 0) is 4.79 Å². The number of rotatable bonds is 8. The molecule has 2 N–H and O–H groups in total. The molecular formula is C27H24N2O4S. The summed E-state index contributed by atoms with van der Waals surface area (Å²) in [4.78, 5) is 26.1. The average Bonchev–Trinajstić information content (AvgIpc) is 2.87. The van der Waals surface area contributed by atoms with Crippen molar-refractivity contribution in [1.29, 1.82) is 0 Å². The van der Waals surface area contributed by atoms with Crippen molar-refractivity contribution in [3.05, 3.63) is 90.5 Å². The van der Waals surface area contributed by atoms with Gasteiger partial charge < -0.3 is 20.1 Å². The van der Waals surface area contributed by atoms with Crippen molar-refractivity contribution in [2.75, 3.05) is 30.6 Å². The lowest BCUT2D eigenvalue weighted by Crippen LogP contribution is -2.14. The third-order valence-electron chi connectivity index (χ3n) is 5.11. The van der Waals surface area contributed by atoms with Crippen LogP contribution in [0.25, 0.3) is 10.8 Å². The van der Waals surface area contributed by atoms with Crippen LogP contribution in [-0.4, -0.2) is 31.8 Å². The van der Waals surface area contributed by atoms with Gasteiger partial charge in [-0.05, 0) is 41.1 Å². The molecule has 2 amide bonds. The number of carbonyl (C=O) groups excluding carboxylic acids is 2. The number of benzene rings is 4. The van der Waals surface area contributed by atoms with Crippen LogP contribution in [0.4, 0.5) is 11.4 Å². The van der Waals surface area contributed by atoms with E-state index >= 15 is 0 Å². The zero-order valence-electron chi connectivity index (χ0n) is 18.8. The molecule has 4 rings (SSSR count). The van der Waals surface area contributed by atoms with Crippen LogP contribution < -0.4 is 20.1 Å². The number of thioether (sulfide) groups is 1. The quantitative estimate of drug-likeness (QED) is 0.315. The maximum Gasteiger partial charge on any atom is 0.255 e. The predicted octanol–water partition coefficient (Wildman–Crippen LogP) is 5.84. The highest BCUT2D eigenvalue weighted by molar-refractivity contribution is 8.00. The molecule has 4 aromatic rings. The lowest BCUT2D eigenvalue weighted by Gasteiger charge is -2.10. The van der Waals surface area contributed by atoms with Gasteiger partial charge in [-0.25, -0.2) is 0 Å². The van der Waals surface area contributed by atoms with Crippen molar-refractivity contribution in [2.24, 2.45) is 0 Å². The van der Waals surface area contributed by atoms with Gasteiger partial charge in [0.2, 0.25) is 5.91 Å². The second kappa shape index (κ2) is 10.8. The van der Waals surface area contributed by atoms with Gasteiger partial charge in [-0.1, -0.05) is 36.4 Å². The number of amides is 2. The molecule has 0 bridgehead atoms. The summed E-state index contributed by atoms with van der Waals surface area (Å²) in [5, 5.41) is 7.89. The lowest BCUT2D eigenvalue weighted by molar-refractivity contribution is -0.113. The molecule has 0 fully saturated rings. The smallest absolute Gasteiger partial charge is 0.255 e. The Bertz CT molecular complexity index is 1320. The Balaban J connectivity index is 1.36. The summed E-state index contributed by atoms with van der Waals surface area (Å²) in [6.45, 7) is 0. The Morgan fingerprint density at radius 2 is 1.47 bits per heavy atom. The van der Waals surface area contributed by atoms with Gasteiger partial charge >= 0.3 is 0 Å². The van der Waals surface area contributed by atoms with E-state index in [-0.39, 0.29) is 17.6 Å². The summed E-state index contributed by atoms with van der Waals surface area (Å²) in [6.07, 6.45) is 0. The molecule has 4 aromatic carbocycles. The first-order chi connectivity index (χ1) is 16.5. The average molecular weight is 473 g/mol. The van der Waals surface area contributed by atoms with Gasteiger partial charge in [0.25, 0.3) is 5.91 Å². The fraction of sp³-hybridized carbons (Fsp3) is 0.111. The number of anilines is 2. The number of methoxy groups -OCH3 is 2. The van der Waals surface area contributed by atoms with Crippen molar-refractivity contribution < 1.29 is 19.1 Å². The molecule has 0 spiro atoms. The standard InChI is InChI=1S/C27H24N2O4S/c1-32-23-13-22(14-24(16-23)33-2)28-26(30)17-34-25-9-5-8-21(15-25)29-27(31)20-11-10-18-6-3-4-7-19(18)12-20/h3-16H,17H2,1-2H3,(H,28,30)(H,29,31). The molecular weight excluding hydrogens is 448 g/mol. The van der Waals surface area contributed by atoms with Crippen LogP contribution in [0.5, 0.6) is 11.5 Å². The van der Waals surface area contributed by atoms with Crippen molar-refractivity contribution in [3.8, 4) is 11.5 Å². The largest absolute Gasteiger partial charge is 0.497 e. The van der Waals surface area contributed by atoms with Gasteiger partial charge in [-0.3, -0.25) is 9.59 Å². The van der Waals surface area contributed by atoms with Crippen LogP contribution in [0.15, 0.2) is 89.8 Å². The lowest BCUT2D eigenvalue weighted by atomic mass is 10.1. The highest BCUT2D eigenvalue weighted by Gasteiger charge is 2.10. The fourth-order valence-electron chi connectivity index (χ4n) is 3.42. The minimum atomic E-state index is -0.183. The zero-order valence-corrected chi connectivity index (χ0v) is 19.6. The maximum atomic E-state index is 12.7. The summed E-state index contributed by atoms with van der Waals surface area (Å²) in [6, 6.07) is 26.2. The fourth-order valence-corrected chi connectivity index (χ4v) is 4.18. The van der Waals surface area contributed by atoms with Crippen molar-refractivity contribution in [3.63, 3.8) is 0 Å². The van der Waals surface area contributed by atoms with Crippen LogP contribution in [0.2, 0.25) is 0 Å². The molecule has 0 heterocycles. The minimum absolute atomic E-state index is 0.161. The van der Waals surface area contributed by atoms with Crippen LogP contribution in [0.1, 0.15) is 10.4 Å². The van der Waals surface area contributed by atoms with E-state index in [0.717, 1.165) is 15.7 Å². The second-order valence-corrected chi connectivity index (χ2v) is 8.53. The highest BCUT2D eigenvalue weighted by Crippen LogP contribution is 2.27. The summed E-state index contributed by atoms with van der Waals surface area (Å²) in [7, 11) is 3.12. The van der Waals surface area contributed by atoms with Gasteiger partial charge in [-0.15, -0.1) is 11.8 Å². The van der Waals surface area contributed by atoms with E-state index in [1.54, 1.807) is 32.4 Å². The van der Waals surface area contributed by atoms with Gasteiger partial charge in [-0.2, -0.15) is 0 Å². The summed E-state index contributed by atoms with van der Waals surface area (Å²) in [5.74, 6) is 1.06. The van der Waals surface area contributed by atoms with Gasteiger partial charge in [0.1, 0.15) is 11.5 Å². The predicted molar refractivity (Wildman–Crippen MR) is 137 cm³/mol. The van der Waals surface area contributed by atoms with Crippen molar-refractivity contribution in [2.45, 2.75) is 4.90 Å². The minimum Gasteiger partial charge on any atom is -0.497 e. The molecule has 7 heteroatoms. The highest BCUT2D eigenvalue weighted by atomic mass is 32.2. The molecule has 0 aromatic heterocycles. The van der Waals surface area contributed by atoms with E-state index < -0.39 is 0 Å². The molecule has 0 unspecified atom stereocenters. The van der Waals surface area contributed by atoms with Crippen molar-refractivity contribution in [1.82, 2.24) is 0 Å². The van der Waals surface area contributed by atoms with E-state index in [1.807, 2.05) is 66.7 Å². The topological polar surface area (TPSA) is 76.7 Å². The number of hydrogen-bond acceptors (Lipinski definition) is 5. The number of fused-ring (bicyclic) bond motifs is 1. The Kier molecular flexibility index (Phi) is 7.34. The summed E-state index contributed by atoms with van der Waals surface area (Å²) in [5.41, 5.74) is 1.85.